The van der Waals surface area contributed by atoms with E-state index in [1.165, 1.54) is 0 Å². The summed E-state index contributed by atoms with van der Waals surface area (Å²) in [6.07, 6.45) is 0.0780. The summed E-state index contributed by atoms with van der Waals surface area (Å²) in [6.45, 7) is 7.82. The van der Waals surface area contributed by atoms with Crippen molar-refractivity contribution in [2.75, 3.05) is 5.09 Å². The predicted molar refractivity (Wildman–Crippen MR) is 117 cm³/mol. The van der Waals surface area contributed by atoms with Crippen LogP contribution in [0.2, 0.25) is 0 Å². The molecule has 3 aromatic carbocycles. The summed E-state index contributed by atoms with van der Waals surface area (Å²) < 4.78 is 30.9. The van der Waals surface area contributed by atoms with Gasteiger partial charge in [-0.3, -0.25) is 5.09 Å². The second-order valence-corrected chi connectivity index (χ2v) is 8.70. The van der Waals surface area contributed by atoms with Crippen molar-refractivity contribution in [3.05, 3.63) is 83.9 Å². The Morgan fingerprint density at radius 1 is 0.759 bits per heavy atom. The van der Waals surface area contributed by atoms with Crippen LogP contribution in [0.5, 0.6) is 17.2 Å². The monoisotopic (exact) mass is 411 g/mol. The fourth-order valence-corrected chi connectivity index (χ4v) is 4.10. The normalized spacial score (nSPS) is 11.2. The van der Waals surface area contributed by atoms with Gasteiger partial charge in [0.05, 0.1) is 6.10 Å². The van der Waals surface area contributed by atoms with Crippen molar-refractivity contribution in [1.29, 1.82) is 0 Å². The second kappa shape index (κ2) is 9.06. The van der Waals surface area contributed by atoms with Crippen molar-refractivity contribution in [3.8, 4) is 17.2 Å². The molecule has 0 unspecified atom stereocenters. The van der Waals surface area contributed by atoms with E-state index in [0.29, 0.717) is 17.2 Å². The Morgan fingerprint density at radius 2 is 1.28 bits per heavy atom. The number of nitrogens with one attached hydrogen (secondary N) is 1. The number of benzene rings is 3. The van der Waals surface area contributed by atoms with Crippen molar-refractivity contribution in [2.24, 2.45) is 0 Å². The number of aryl methyl sites for hydroxylation is 2. The van der Waals surface area contributed by atoms with Crippen molar-refractivity contribution >= 4 is 13.4 Å². The molecule has 6 heteroatoms. The maximum Gasteiger partial charge on any atom is 0.541 e. The molecule has 1 N–H and O–H groups in total. The quantitative estimate of drug-likeness (QED) is 0.415. The van der Waals surface area contributed by atoms with Crippen LogP contribution in [0.4, 0.5) is 5.69 Å². The largest absolute Gasteiger partial charge is 0.541 e. The second-order valence-electron chi connectivity index (χ2n) is 7.12. The fourth-order valence-electron chi connectivity index (χ4n) is 2.72. The average molecular weight is 411 g/mol. The Balaban J connectivity index is 1.86. The van der Waals surface area contributed by atoms with Crippen molar-refractivity contribution in [3.63, 3.8) is 0 Å². The molecule has 0 aliphatic heterocycles. The molecule has 0 fully saturated rings. The van der Waals surface area contributed by atoms with Gasteiger partial charge < -0.3 is 13.8 Å². The Bertz CT molecular complexity index is 950. The molecule has 0 saturated carbocycles. The van der Waals surface area contributed by atoms with E-state index in [4.69, 9.17) is 13.8 Å². The minimum atomic E-state index is -3.76. The number of rotatable bonds is 8. The zero-order chi connectivity index (χ0) is 20.9. The number of hydrogen-bond donors (Lipinski definition) is 1. The molecule has 29 heavy (non-hydrogen) atoms. The lowest BCUT2D eigenvalue weighted by atomic mass is 10.2. The van der Waals surface area contributed by atoms with Crippen LogP contribution in [-0.2, 0) is 4.57 Å². The molecular weight excluding hydrogens is 385 g/mol. The highest BCUT2D eigenvalue weighted by molar-refractivity contribution is 7.56. The Morgan fingerprint density at radius 3 is 1.72 bits per heavy atom. The lowest BCUT2D eigenvalue weighted by molar-refractivity contribution is 0.242. The molecule has 0 spiro atoms. The maximum atomic E-state index is 13.6. The molecule has 0 saturated heterocycles. The third-order valence-corrected chi connectivity index (χ3v) is 5.36. The van der Waals surface area contributed by atoms with E-state index in [2.05, 4.69) is 5.09 Å². The van der Waals surface area contributed by atoms with Crippen molar-refractivity contribution in [1.82, 2.24) is 0 Å². The van der Waals surface area contributed by atoms with Gasteiger partial charge in [-0.25, -0.2) is 4.57 Å². The number of ether oxygens (including phenoxy) is 1. The van der Waals surface area contributed by atoms with Crippen LogP contribution in [0.3, 0.4) is 0 Å². The lowest BCUT2D eigenvalue weighted by Crippen LogP contribution is -2.10. The minimum absolute atomic E-state index is 0.0780. The van der Waals surface area contributed by atoms with Crippen LogP contribution in [0, 0.1) is 13.8 Å². The standard InChI is InChI=1S/C23H26NO4P/c1-17(2)26-21-13-11-20(12-14-21)24-29(25,27-22-9-5-7-18(3)15-22)28-23-10-6-8-19(4)16-23/h5-17H,1-4H3,(H,24,25). The van der Waals surface area contributed by atoms with Crippen LogP contribution in [0.15, 0.2) is 72.8 Å². The molecule has 5 nitrogen and oxygen atoms in total. The molecule has 0 atom stereocenters. The molecule has 3 aromatic rings. The van der Waals surface area contributed by atoms with Gasteiger partial charge in [-0.05, 0) is 87.4 Å². The van der Waals surface area contributed by atoms with E-state index >= 15 is 0 Å². The van der Waals surface area contributed by atoms with Gasteiger partial charge >= 0.3 is 7.75 Å². The summed E-state index contributed by atoms with van der Waals surface area (Å²) in [4.78, 5) is 0. The van der Waals surface area contributed by atoms with Gasteiger partial charge in [-0.2, -0.15) is 0 Å². The molecular formula is C23H26NO4P. The third kappa shape index (κ3) is 6.30. The first-order valence-corrected chi connectivity index (χ1v) is 11.0. The fraction of sp³-hybridized carbons (Fsp3) is 0.217. The summed E-state index contributed by atoms with van der Waals surface area (Å²) in [5.74, 6) is 1.67. The summed E-state index contributed by atoms with van der Waals surface area (Å²) in [7, 11) is -3.76. The number of hydrogen-bond acceptors (Lipinski definition) is 4. The molecule has 3 rings (SSSR count). The Hall–Kier alpha value is -2.91. The van der Waals surface area contributed by atoms with Crippen LogP contribution in [-0.4, -0.2) is 6.10 Å². The first-order valence-electron chi connectivity index (χ1n) is 9.49. The SMILES string of the molecule is Cc1cccc(OP(=O)(Nc2ccc(OC(C)C)cc2)Oc2cccc(C)c2)c1. The van der Waals surface area contributed by atoms with E-state index in [9.17, 15) is 4.57 Å². The van der Waals surface area contributed by atoms with Gasteiger partial charge in [0, 0.05) is 5.69 Å². The first kappa shape index (κ1) is 20.8. The highest BCUT2D eigenvalue weighted by Gasteiger charge is 2.29. The Kier molecular flexibility index (Phi) is 6.50. The van der Waals surface area contributed by atoms with E-state index in [-0.39, 0.29) is 6.10 Å². The van der Waals surface area contributed by atoms with E-state index in [0.717, 1.165) is 16.9 Å². The van der Waals surface area contributed by atoms with Crippen LogP contribution >= 0.6 is 7.75 Å². The first-order chi connectivity index (χ1) is 13.8. The minimum Gasteiger partial charge on any atom is -0.491 e. The van der Waals surface area contributed by atoms with Crippen LogP contribution in [0.1, 0.15) is 25.0 Å². The lowest BCUT2D eigenvalue weighted by Gasteiger charge is -2.21. The highest BCUT2D eigenvalue weighted by Crippen LogP contribution is 2.48. The van der Waals surface area contributed by atoms with Gasteiger partial charge in [0.1, 0.15) is 17.2 Å². The van der Waals surface area contributed by atoms with Gasteiger partial charge in [0.15, 0.2) is 0 Å². The topological polar surface area (TPSA) is 56.8 Å². The van der Waals surface area contributed by atoms with Crippen molar-refractivity contribution in [2.45, 2.75) is 33.8 Å². The summed E-state index contributed by atoms with van der Waals surface area (Å²) in [6, 6.07) is 21.9. The zero-order valence-electron chi connectivity index (χ0n) is 17.1. The summed E-state index contributed by atoms with van der Waals surface area (Å²) >= 11 is 0. The molecule has 0 amide bonds. The molecule has 0 aliphatic carbocycles. The van der Waals surface area contributed by atoms with Crippen LogP contribution < -0.4 is 18.9 Å². The van der Waals surface area contributed by atoms with Gasteiger partial charge in [0.25, 0.3) is 0 Å². The van der Waals surface area contributed by atoms with Gasteiger partial charge in [-0.1, -0.05) is 24.3 Å². The zero-order valence-corrected chi connectivity index (χ0v) is 18.0. The van der Waals surface area contributed by atoms with E-state index in [1.54, 1.807) is 24.3 Å². The van der Waals surface area contributed by atoms with E-state index < -0.39 is 7.75 Å². The predicted octanol–water partition coefficient (Wildman–Crippen LogP) is 6.77. The number of anilines is 1. The smallest absolute Gasteiger partial charge is 0.491 e. The Labute approximate surface area is 172 Å². The van der Waals surface area contributed by atoms with Crippen molar-refractivity contribution < 1.29 is 18.3 Å². The van der Waals surface area contributed by atoms with Crippen LogP contribution in [0.25, 0.3) is 0 Å². The maximum absolute atomic E-state index is 13.6. The average Bonchev–Trinajstić information content (AvgIpc) is 2.62. The third-order valence-electron chi connectivity index (χ3n) is 3.92. The molecule has 0 aliphatic rings. The van der Waals surface area contributed by atoms with Gasteiger partial charge in [0.2, 0.25) is 0 Å². The van der Waals surface area contributed by atoms with Gasteiger partial charge in [-0.15, -0.1) is 0 Å². The highest BCUT2D eigenvalue weighted by atomic mass is 31.2. The molecule has 152 valence electrons. The molecule has 0 radical (unpaired) electrons. The molecule has 0 bridgehead atoms. The van der Waals surface area contributed by atoms with E-state index in [1.807, 2.05) is 76.2 Å². The molecule has 0 aromatic heterocycles. The summed E-state index contributed by atoms with van der Waals surface area (Å²) in [5.41, 5.74) is 2.60. The molecule has 0 heterocycles. The summed E-state index contributed by atoms with van der Waals surface area (Å²) in [5, 5.41) is 2.93.